The second-order valence-electron chi connectivity index (χ2n) is 2.85. The van der Waals surface area contributed by atoms with E-state index in [2.05, 4.69) is 18.4 Å². The van der Waals surface area contributed by atoms with Crippen LogP contribution in [0, 0.1) is 11.8 Å². The largest absolute Gasteiger partial charge is 0.0978 e. The third-order valence-corrected chi connectivity index (χ3v) is 1.70. The fraction of sp³-hybridized carbons (Fsp3) is 0.200. The first-order valence-corrected chi connectivity index (χ1v) is 5.04. The van der Waals surface area contributed by atoms with E-state index in [1.54, 1.807) is 6.08 Å². The Hall–Kier alpha value is -1.74. The lowest BCUT2D eigenvalue weighted by atomic mass is 10.2. The predicted octanol–water partition coefficient (Wildman–Crippen LogP) is 4.20. The van der Waals surface area contributed by atoms with E-state index in [1.165, 1.54) is 0 Å². The van der Waals surface area contributed by atoms with Crippen molar-refractivity contribution in [3.05, 3.63) is 60.3 Å². The molecule has 0 radical (unpaired) electrons. The van der Waals surface area contributed by atoms with Gasteiger partial charge in [0.15, 0.2) is 0 Å². The minimum Gasteiger partial charge on any atom is -0.0978 e. The molecule has 0 aromatic rings. The molecule has 0 heteroatoms. The van der Waals surface area contributed by atoms with Crippen LogP contribution in [0.3, 0.4) is 0 Å². The Morgan fingerprint density at radius 1 is 1.00 bits per heavy atom. The van der Waals surface area contributed by atoms with E-state index in [0.29, 0.717) is 0 Å². The molecule has 0 nitrogen and oxygen atoms in total. The van der Waals surface area contributed by atoms with Gasteiger partial charge in [-0.15, -0.1) is 0 Å². The van der Waals surface area contributed by atoms with Crippen LogP contribution in [0.25, 0.3) is 0 Å². The van der Waals surface area contributed by atoms with Crippen LogP contribution >= 0.6 is 0 Å². The fourth-order valence-corrected chi connectivity index (χ4v) is 0.895. The van der Waals surface area contributed by atoms with Gasteiger partial charge in [-0.1, -0.05) is 54.9 Å². The van der Waals surface area contributed by atoms with Crippen molar-refractivity contribution in [1.82, 2.24) is 0 Å². The maximum absolute atomic E-state index is 3.72. The highest BCUT2D eigenvalue weighted by Gasteiger charge is 1.83. The Morgan fingerprint density at radius 3 is 2.13 bits per heavy atom. The zero-order chi connectivity index (χ0) is 11.5. The average molecular weight is 198 g/mol. The Labute approximate surface area is 93.4 Å². The molecule has 0 aliphatic carbocycles. The molecule has 0 saturated heterocycles. The van der Waals surface area contributed by atoms with Gasteiger partial charge in [0.25, 0.3) is 0 Å². The van der Waals surface area contributed by atoms with Crippen LogP contribution in [0.1, 0.15) is 20.8 Å². The summed E-state index contributed by atoms with van der Waals surface area (Å²) in [6, 6.07) is 0. The zero-order valence-corrected chi connectivity index (χ0v) is 9.75. The molecule has 0 aromatic heterocycles. The van der Waals surface area contributed by atoms with Crippen LogP contribution in [0.5, 0.6) is 0 Å². The van der Waals surface area contributed by atoms with Crippen molar-refractivity contribution in [3.63, 3.8) is 0 Å². The van der Waals surface area contributed by atoms with Crippen molar-refractivity contribution < 1.29 is 0 Å². The van der Waals surface area contributed by atoms with Gasteiger partial charge in [-0.05, 0) is 26.8 Å². The van der Waals surface area contributed by atoms with Crippen LogP contribution in [0.4, 0.5) is 0 Å². The van der Waals surface area contributed by atoms with E-state index in [-0.39, 0.29) is 0 Å². The summed E-state index contributed by atoms with van der Waals surface area (Å²) in [7, 11) is 0. The predicted molar refractivity (Wildman–Crippen MR) is 69.4 cm³/mol. The molecule has 0 saturated carbocycles. The van der Waals surface area contributed by atoms with Gasteiger partial charge in [-0.3, -0.25) is 0 Å². The molecule has 78 valence electrons. The lowest BCUT2D eigenvalue weighted by Crippen LogP contribution is -1.73. The molecular formula is C15H18. The Morgan fingerprint density at radius 2 is 1.67 bits per heavy atom. The summed E-state index contributed by atoms with van der Waals surface area (Å²) in [5.74, 6) is 6.14. The van der Waals surface area contributed by atoms with E-state index in [1.807, 2.05) is 57.2 Å². The van der Waals surface area contributed by atoms with Crippen molar-refractivity contribution in [3.8, 4) is 11.8 Å². The topological polar surface area (TPSA) is 0 Å². The third kappa shape index (κ3) is 6.35. The van der Waals surface area contributed by atoms with Crippen molar-refractivity contribution >= 4 is 0 Å². The second-order valence-corrected chi connectivity index (χ2v) is 2.85. The van der Waals surface area contributed by atoms with Crippen LogP contribution in [-0.4, -0.2) is 0 Å². The minimum atomic E-state index is 0.928. The third-order valence-electron chi connectivity index (χ3n) is 1.70. The van der Waals surface area contributed by atoms with E-state index >= 15 is 0 Å². The van der Waals surface area contributed by atoms with Crippen LogP contribution in [0.15, 0.2) is 60.3 Å². The minimum absolute atomic E-state index is 0.928. The molecule has 0 atom stereocenters. The van der Waals surface area contributed by atoms with Gasteiger partial charge in [0.05, 0.1) is 0 Å². The van der Waals surface area contributed by atoms with Gasteiger partial charge in [0.1, 0.15) is 0 Å². The van der Waals surface area contributed by atoms with E-state index in [0.717, 1.165) is 11.1 Å². The maximum atomic E-state index is 3.72. The van der Waals surface area contributed by atoms with Crippen molar-refractivity contribution in [2.75, 3.05) is 0 Å². The Bertz CT molecular complexity index is 363. The van der Waals surface area contributed by atoms with E-state index in [4.69, 9.17) is 0 Å². The summed E-state index contributed by atoms with van der Waals surface area (Å²) in [6.07, 6.45) is 13.6. The first-order valence-electron chi connectivity index (χ1n) is 5.04. The smallest absolute Gasteiger partial charge is 0.0243 e. The lowest BCUT2D eigenvalue weighted by Gasteiger charge is -1.88. The molecule has 0 heterocycles. The number of hydrogen-bond donors (Lipinski definition) is 0. The Balaban J connectivity index is 4.82. The number of rotatable bonds is 3. The van der Waals surface area contributed by atoms with E-state index in [9.17, 15) is 0 Å². The number of allylic oxidation sites excluding steroid dienone is 9. The highest BCUT2D eigenvalue weighted by atomic mass is 13.9. The molecule has 0 aromatic carbocycles. The normalized spacial score (nSPS) is 13.0. The second kappa shape index (κ2) is 8.84. The first kappa shape index (κ1) is 13.3. The van der Waals surface area contributed by atoms with Crippen molar-refractivity contribution in [1.29, 1.82) is 0 Å². The molecule has 0 bridgehead atoms. The van der Waals surface area contributed by atoms with Gasteiger partial charge < -0.3 is 0 Å². The van der Waals surface area contributed by atoms with Crippen molar-refractivity contribution in [2.24, 2.45) is 0 Å². The summed E-state index contributed by atoms with van der Waals surface area (Å²) in [4.78, 5) is 0. The van der Waals surface area contributed by atoms with Crippen molar-refractivity contribution in [2.45, 2.75) is 20.8 Å². The quantitative estimate of drug-likeness (QED) is 0.471. The lowest BCUT2D eigenvalue weighted by molar-refractivity contribution is 1.60. The monoisotopic (exact) mass is 198 g/mol. The van der Waals surface area contributed by atoms with Gasteiger partial charge >= 0.3 is 0 Å². The molecule has 0 aliphatic heterocycles. The SMILES string of the molecule is C=C/C(C#CC(/C=C\C)=C/C)=C\C=C/C. The zero-order valence-electron chi connectivity index (χ0n) is 9.75. The van der Waals surface area contributed by atoms with Crippen LogP contribution in [0.2, 0.25) is 0 Å². The van der Waals surface area contributed by atoms with Gasteiger partial charge in [-0.2, -0.15) is 0 Å². The van der Waals surface area contributed by atoms with Gasteiger partial charge in [0.2, 0.25) is 0 Å². The summed E-state index contributed by atoms with van der Waals surface area (Å²) in [6.45, 7) is 9.66. The molecular weight excluding hydrogens is 180 g/mol. The summed E-state index contributed by atoms with van der Waals surface area (Å²) < 4.78 is 0. The molecule has 0 aliphatic rings. The summed E-state index contributed by atoms with van der Waals surface area (Å²) in [5.41, 5.74) is 1.95. The van der Waals surface area contributed by atoms with Gasteiger partial charge in [-0.25, -0.2) is 0 Å². The summed E-state index contributed by atoms with van der Waals surface area (Å²) >= 11 is 0. The first-order chi connectivity index (χ1) is 7.28. The standard InChI is InChI=1S/C15H18/c1-5-9-11-15(8-4)13-12-14(7-3)10-6-2/h5-11H,4H2,1-3H3/b9-5-,10-6-,14-7+,15-11+. The van der Waals surface area contributed by atoms with Gasteiger partial charge in [0, 0.05) is 11.1 Å². The molecule has 0 unspecified atom stereocenters. The Kier molecular flexibility index (Phi) is 7.82. The average Bonchev–Trinajstić information content (AvgIpc) is 2.27. The fourth-order valence-electron chi connectivity index (χ4n) is 0.895. The molecule has 0 rings (SSSR count). The number of hydrogen-bond acceptors (Lipinski definition) is 0. The summed E-state index contributed by atoms with van der Waals surface area (Å²) in [5, 5.41) is 0. The molecule has 15 heavy (non-hydrogen) atoms. The van der Waals surface area contributed by atoms with Crippen LogP contribution in [-0.2, 0) is 0 Å². The molecule has 0 spiro atoms. The highest BCUT2D eigenvalue weighted by Crippen LogP contribution is 1.98. The molecule has 0 fully saturated rings. The molecule has 0 amide bonds. The van der Waals surface area contributed by atoms with E-state index < -0.39 is 0 Å². The highest BCUT2D eigenvalue weighted by molar-refractivity contribution is 5.47. The molecule has 0 N–H and O–H groups in total. The maximum Gasteiger partial charge on any atom is 0.0243 e. The van der Waals surface area contributed by atoms with Crippen LogP contribution < -0.4 is 0 Å².